The molecule has 1 saturated heterocycles. The van der Waals surface area contributed by atoms with Gasteiger partial charge in [0, 0.05) is 19.8 Å². The monoisotopic (exact) mass is 212 g/mol. The smallest absolute Gasteiger partial charge is 0.229 e. The molecule has 0 radical (unpaired) electrons. The van der Waals surface area contributed by atoms with Crippen LogP contribution < -0.4 is 0 Å². The zero-order valence-electron chi connectivity index (χ0n) is 8.95. The second-order valence-electron chi connectivity index (χ2n) is 4.31. The summed E-state index contributed by atoms with van der Waals surface area (Å²) in [5.74, 6) is -1.47. The van der Waals surface area contributed by atoms with Gasteiger partial charge in [0.15, 0.2) is 17.7 Å². The molecule has 2 rings (SSSR count). The molecule has 0 aromatic rings. The third-order valence-electron chi connectivity index (χ3n) is 3.11. The minimum Gasteiger partial charge on any atom is -0.347 e. The predicted octanol–water partition coefficient (Wildman–Crippen LogP) is 1.22. The minimum absolute atomic E-state index is 0.235. The van der Waals surface area contributed by atoms with Crippen LogP contribution in [-0.4, -0.2) is 30.1 Å². The zero-order valence-corrected chi connectivity index (χ0v) is 8.95. The Kier molecular flexibility index (Phi) is 2.89. The Labute approximate surface area is 88.9 Å². The number of hydrogen-bond donors (Lipinski definition) is 0. The summed E-state index contributed by atoms with van der Waals surface area (Å²) < 4.78 is 11.2. The van der Waals surface area contributed by atoms with E-state index in [9.17, 15) is 9.59 Å². The average molecular weight is 212 g/mol. The van der Waals surface area contributed by atoms with E-state index in [1.165, 1.54) is 13.3 Å². The molecule has 4 heteroatoms. The van der Waals surface area contributed by atoms with Crippen molar-refractivity contribution < 1.29 is 19.1 Å². The number of rotatable bonds is 2. The van der Waals surface area contributed by atoms with E-state index in [0.29, 0.717) is 0 Å². The number of ether oxygens (including phenoxy) is 2. The summed E-state index contributed by atoms with van der Waals surface area (Å²) in [6.45, 7) is 1.51. The molecule has 1 heterocycles. The van der Waals surface area contributed by atoms with Gasteiger partial charge in [0.25, 0.3) is 0 Å². The van der Waals surface area contributed by atoms with Gasteiger partial charge in [-0.3, -0.25) is 9.59 Å². The number of carbonyl (C=O) groups excluding carboxylic acids is 2. The van der Waals surface area contributed by atoms with Gasteiger partial charge in [0.2, 0.25) is 5.78 Å². The maximum atomic E-state index is 11.4. The molecule has 0 amide bonds. The lowest BCUT2D eigenvalue weighted by molar-refractivity contribution is -0.188. The van der Waals surface area contributed by atoms with E-state index >= 15 is 0 Å². The van der Waals surface area contributed by atoms with Crippen molar-refractivity contribution in [3.8, 4) is 0 Å². The molecule has 1 spiro atoms. The molecule has 2 fully saturated rings. The van der Waals surface area contributed by atoms with Gasteiger partial charge in [0.05, 0.1) is 6.61 Å². The summed E-state index contributed by atoms with van der Waals surface area (Å²) in [4.78, 5) is 22.3. The molecule has 1 aliphatic carbocycles. The molecule has 1 saturated carbocycles. The van der Waals surface area contributed by atoms with E-state index in [-0.39, 0.29) is 6.61 Å². The van der Waals surface area contributed by atoms with Crippen LogP contribution in [0, 0.1) is 0 Å². The minimum atomic E-state index is -0.666. The molecule has 0 aromatic heterocycles. The highest BCUT2D eigenvalue weighted by Crippen LogP contribution is 2.37. The standard InChI is InChI=1S/C11H16O4/c1-8(12)10(13)9-7-14-11(15-9)5-3-2-4-6-11/h9H,2-7H2,1H3. The molecule has 1 aliphatic heterocycles. The van der Waals surface area contributed by atoms with Crippen molar-refractivity contribution in [1.29, 1.82) is 0 Å². The van der Waals surface area contributed by atoms with Crippen molar-refractivity contribution in [2.75, 3.05) is 6.61 Å². The molecular formula is C11H16O4. The Morgan fingerprint density at radius 1 is 1.20 bits per heavy atom. The molecule has 84 valence electrons. The molecule has 0 aromatic carbocycles. The summed E-state index contributed by atoms with van der Waals surface area (Å²) in [5, 5.41) is 0. The first-order chi connectivity index (χ1) is 7.13. The van der Waals surface area contributed by atoms with Gasteiger partial charge in [-0.15, -0.1) is 0 Å². The van der Waals surface area contributed by atoms with E-state index in [4.69, 9.17) is 9.47 Å². The molecule has 1 unspecified atom stereocenters. The van der Waals surface area contributed by atoms with E-state index < -0.39 is 23.5 Å². The third kappa shape index (κ3) is 2.11. The number of carbonyl (C=O) groups is 2. The highest BCUT2D eigenvalue weighted by Gasteiger charge is 2.45. The van der Waals surface area contributed by atoms with Gasteiger partial charge in [-0.1, -0.05) is 6.42 Å². The predicted molar refractivity (Wildman–Crippen MR) is 52.3 cm³/mol. The van der Waals surface area contributed by atoms with Crippen molar-refractivity contribution in [2.24, 2.45) is 0 Å². The molecule has 0 bridgehead atoms. The van der Waals surface area contributed by atoms with Crippen LogP contribution in [0.15, 0.2) is 0 Å². The molecule has 2 aliphatic rings. The molecular weight excluding hydrogens is 196 g/mol. The van der Waals surface area contributed by atoms with Crippen LogP contribution in [0.5, 0.6) is 0 Å². The van der Waals surface area contributed by atoms with E-state index in [1.807, 2.05) is 0 Å². The summed E-state index contributed by atoms with van der Waals surface area (Å²) in [5.41, 5.74) is 0. The van der Waals surface area contributed by atoms with Crippen LogP contribution >= 0.6 is 0 Å². The molecule has 0 N–H and O–H groups in total. The maximum Gasteiger partial charge on any atom is 0.229 e. The van der Waals surface area contributed by atoms with Crippen molar-refractivity contribution in [3.05, 3.63) is 0 Å². The first-order valence-electron chi connectivity index (χ1n) is 5.49. The van der Waals surface area contributed by atoms with Gasteiger partial charge in [-0.25, -0.2) is 0 Å². The lowest BCUT2D eigenvalue weighted by Crippen LogP contribution is -2.36. The highest BCUT2D eigenvalue weighted by molar-refractivity contribution is 6.38. The van der Waals surface area contributed by atoms with Crippen LogP contribution in [0.1, 0.15) is 39.0 Å². The maximum absolute atomic E-state index is 11.4. The Balaban J connectivity index is 1.99. The summed E-state index contributed by atoms with van der Waals surface area (Å²) >= 11 is 0. The topological polar surface area (TPSA) is 52.6 Å². The second-order valence-corrected chi connectivity index (χ2v) is 4.31. The Morgan fingerprint density at radius 3 is 2.47 bits per heavy atom. The fourth-order valence-electron chi connectivity index (χ4n) is 2.26. The lowest BCUT2D eigenvalue weighted by atomic mass is 9.94. The van der Waals surface area contributed by atoms with E-state index in [2.05, 4.69) is 0 Å². The first-order valence-corrected chi connectivity index (χ1v) is 5.49. The van der Waals surface area contributed by atoms with Crippen LogP contribution in [0.3, 0.4) is 0 Å². The van der Waals surface area contributed by atoms with Gasteiger partial charge < -0.3 is 9.47 Å². The van der Waals surface area contributed by atoms with Gasteiger partial charge in [-0.2, -0.15) is 0 Å². The molecule has 1 atom stereocenters. The van der Waals surface area contributed by atoms with Crippen LogP contribution in [0.25, 0.3) is 0 Å². The highest BCUT2D eigenvalue weighted by atomic mass is 16.7. The van der Waals surface area contributed by atoms with Gasteiger partial charge >= 0.3 is 0 Å². The van der Waals surface area contributed by atoms with E-state index in [1.54, 1.807) is 0 Å². The molecule has 15 heavy (non-hydrogen) atoms. The molecule has 4 nitrogen and oxygen atoms in total. The fourth-order valence-corrected chi connectivity index (χ4v) is 2.26. The number of Topliss-reactive ketones (excluding diaryl/α,β-unsaturated/α-hetero) is 2. The first kappa shape index (κ1) is 10.8. The van der Waals surface area contributed by atoms with Crippen molar-refractivity contribution in [2.45, 2.75) is 50.9 Å². The summed E-state index contributed by atoms with van der Waals surface area (Å²) in [6.07, 6.45) is 4.35. The zero-order chi connectivity index (χ0) is 10.9. The van der Waals surface area contributed by atoms with Crippen LogP contribution in [-0.2, 0) is 19.1 Å². The number of ketones is 2. The second kappa shape index (κ2) is 4.02. The Bertz CT molecular complexity index is 278. The normalized spacial score (nSPS) is 29.3. The van der Waals surface area contributed by atoms with Gasteiger partial charge in [0.1, 0.15) is 0 Å². The summed E-state index contributed by atoms with van der Waals surface area (Å²) in [6, 6.07) is 0. The third-order valence-corrected chi connectivity index (χ3v) is 3.11. The van der Waals surface area contributed by atoms with Gasteiger partial charge in [-0.05, 0) is 12.8 Å². The largest absolute Gasteiger partial charge is 0.347 e. The van der Waals surface area contributed by atoms with Crippen LogP contribution in [0.4, 0.5) is 0 Å². The van der Waals surface area contributed by atoms with Crippen molar-refractivity contribution in [1.82, 2.24) is 0 Å². The van der Waals surface area contributed by atoms with E-state index in [0.717, 1.165) is 25.7 Å². The quantitative estimate of drug-likeness (QED) is 0.646. The lowest BCUT2D eigenvalue weighted by Gasteiger charge is -2.31. The van der Waals surface area contributed by atoms with Crippen LogP contribution in [0.2, 0.25) is 0 Å². The fraction of sp³-hybridized carbons (Fsp3) is 0.818. The Morgan fingerprint density at radius 2 is 1.87 bits per heavy atom. The average Bonchev–Trinajstić information content (AvgIpc) is 2.62. The summed E-state index contributed by atoms with van der Waals surface area (Å²) in [7, 11) is 0. The SMILES string of the molecule is CC(=O)C(=O)C1COC2(CCCCC2)O1. The van der Waals surface area contributed by atoms with Crippen molar-refractivity contribution >= 4 is 11.6 Å². The van der Waals surface area contributed by atoms with Crippen molar-refractivity contribution in [3.63, 3.8) is 0 Å². The Hall–Kier alpha value is -0.740. The number of hydrogen-bond acceptors (Lipinski definition) is 4.